The third kappa shape index (κ3) is 4.20. The standard InChI is InChI=1S/C22H30N6O3/c1-5-22(3,4)28-20(24-25-26-28)19(27-9-11-30-12-10-27)17-14-15-13-16(31-6-2)7-8-18(15)23-21(17)29/h7-8,13-14,19H,5-6,9-12H2,1-4H3,(H,23,29)/t19-/m0/s1. The molecule has 1 atom stereocenters. The van der Waals surface area contributed by atoms with Gasteiger partial charge < -0.3 is 14.5 Å². The van der Waals surface area contributed by atoms with Crippen LogP contribution in [0.4, 0.5) is 0 Å². The van der Waals surface area contributed by atoms with E-state index in [9.17, 15) is 4.79 Å². The van der Waals surface area contributed by atoms with E-state index < -0.39 is 0 Å². The molecule has 9 nitrogen and oxygen atoms in total. The van der Waals surface area contributed by atoms with Gasteiger partial charge in [0, 0.05) is 29.6 Å². The van der Waals surface area contributed by atoms with Crippen LogP contribution in [-0.2, 0) is 10.3 Å². The van der Waals surface area contributed by atoms with Crippen LogP contribution < -0.4 is 10.3 Å². The number of aromatic nitrogens is 5. The van der Waals surface area contributed by atoms with Crippen molar-refractivity contribution in [3.05, 3.63) is 46.0 Å². The predicted molar refractivity (Wildman–Crippen MR) is 117 cm³/mol. The number of H-pyrrole nitrogens is 1. The number of nitrogens with zero attached hydrogens (tertiary/aromatic N) is 5. The van der Waals surface area contributed by atoms with E-state index in [4.69, 9.17) is 9.47 Å². The van der Waals surface area contributed by atoms with Crippen LogP contribution in [0.1, 0.15) is 51.5 Å². The SMILES string of the molecule is CCOc1ccc2[nH]c(=O)c([C@@H](c3nnnn3C(C)(C)CC)N3CCOCC3)cc2c1. The zero-order valence-corrected chi connectivity index (χ0v) is 18.6. The molecule has 1 N–H and O–H groups in total. The van der Waals surface area contributed by atoms with E-state index in [1.54, 1.807) is 0 Å². The van der Waals surface area contributed by atoms with Gasteiger partial charge >= 0.3 is 0 Å². The van der Waals surface area contributed by atoms with E-state index >= 15 is 0 Å². The van der Waals surface area contributed by atoms with E-state index in [1.165, 1.54) is 0 Å². The highest BCUT2D eigenvalue weighted by Crippen LogP contribution is 2.31. The van der Waals surface area contributed by atoms with Crippen molar-refractivity contribution in [2.75, 3.05) is 32.9 Å². The average molecular weight is 427 g/mol. The Bertz CT molecular complexity index is 1100. The number of morpholine rings is 1. The lowest BCUT2D eigenvalue weighted by atomic mass is 9.99. The molecule has 0 unspecified atom stereocenters. The third-order valence-electron chi connectivity index (χ3n) is 6.04. The molecular weight excluding hydrogens is 396 g/mol. The van der Waals surface area contributed by atoms with E-state index in [1.807, 2.05) is 35.9 Å². The van der Waals surface area contributed by atoms with Crippen LogP contribution in [0.2, 0.25) is 0 Å². The predicted octanol–water partition coefficient (Wildman–Crippen LogP) is 2.48. The number of nitrogens with one attached hydrogen (secondary N) is 1. The minimum Gasteiger partial charge on any atom is -0.494 e. The van der Waals surface area contributed by atoms with Crippen molar-refractivity contribution in [2.24, 2.45) is 0 Å². The Morgan fingerprint density at radius 3 is 2.71 bits per heavy atom. The van der Waals surface area contributed by atoms with Gasteiger partial charge in [0.1, 0.15) is 11.8 Å². The van der Waals surface area contributed by atoms with Crippen molar-refractivity contribution < 1.29 is 9.47 Å². The number of aromatic amines is 1. The molecule has 3 aromatic rings. The molecule has 0 aliphatic carbocycles. The molecule has 1 aromatic carbocycles. The summed E-state index contributed by atoms with van der Waals surface area (Å²) in [5, 5.41) is 13.6. The molecule has 3 heterocycles. The fraction of sp³-hybridized carbons (Fsp3) is 0.545. The van der Waals surface area contributed by atoms with Gasteiger partial charge in [0.2, 0.25) is 0 Å². The molecule has 4 rings (SSSR count). The molecule has 2 aromatic heterocycles. The number of hydrogen-bond acceptors (Lipinski definition) is 7. The van der Waals surface area contributed by atoms with Crippen molar-refractivity contribution in [1.82, 2.24) is 30.1 Å². The summed E-state index contributed by atoms with van der Waals surface area (Å²) in [5.74, 6) is 1.44. The van der Waals surface area contributed by atoms with Gasteiger partial charge in [-0.3, -0.25) is 9.69 Å². The maximum Gasteiger partial charge on any atom is 0.253 e. The molecular formula is C22H30N6O3. The fourth-order valence-corrected chi connectivity index (χ4v) is 3.94. The number of pyridine rings is 1. The van der Waals surface area contributed by atoms with E-state index in [0.29, 0.717) is 44.3 Å². The number of hydrogen-bond donors (Lipinski definition) is 1. The van der Waals surface area contributed by atoms with Gasteiger partial charge in [0.05, 0.1) is 25.4 Å². The summed E-state index contributed by atoms with van der Waals surface area (Å²) >= 11 is 0. The van der Waals surface area contributed by atoms with E-state index in [0.717, 1.165) is 23.1 Å². The van der Waals surface area contributed by atoms with Crippen LogP contribution in [0.5, 0.6) is 5.75 Å². The molecule has 0 bridgehead atoms. The Kier molecular flexibility index (Phi) is 6.06. The number of benzene rings is 1. The van der Waals surface area contributed by atoms with Gasteiger partial charge in [0.25, 0.3) is 5.56 Å². The second kappa shape index (κ2) is 8.76. The third-order valence-corrected chi connectivity index (χ3v) is 6.04. The van der Waals surface area contributed by atoms with Gasteiger partial charge in [-0.15, -0.1) is 5.10 Å². The molecule has 0 spiro atoms. The number of tetrazole rings is 1. The first-order valence-corrected chi connectivity index (χ1v) is 10.8. The number of rotatable bonds is 7. The van der Waals surface area contributed by atoms with Crippen molar-refractivity contribution in [1.29, 1.82) is 0 Å². The largest absolute Gasteiger partial charge is 0.494 e. The first-order valence-electron chi connectivity index (χ1n) is 10.8. The van der Waals surface area contributed by atoms with Gasteiger partial charge in [-0.2, -0.15) is 0 Å². The minimum absolute atomic E-state index is 0.142. The smallest absolute Gasteiger partial charge is 0.253 e. The van der Waals surface area contributed by atoms with Crippen molar-refractivity contribution in [3.8, 4) is 5.75 Å². The van der Waals surface area contributed by atoms with Gasteiger partial charge in [-0.05, 0) is 61.9 Å². The number of ether oxygens (including phenoxy) is 2. The molecule has 1 aliphatic rings. The average Bonchev–Trinajstić information content (AvgIpc) is 3.26. The zero-order valence-electron chi connectivity index (χ0n) is 18.6. The summed E-state index contributed by atoms with van der Waals surface area (Å²) in [5.41, 5.74) is 0.962. The Hall–Kier alpha value is -2.78. The molecule has 1 saturated heterocycles. The van der Waals surface area contributed by atoms with E-state index in [2.05, 4.69) is 46.2 Å². The van der Waals surface area contributed by atoms with Crippen LogP contribution in [0.25, 0.3) is 10.9 Å². The molecule has 1 aliphatic heterocycles. The minimum atomic E-state index is -0.381. The lowest BCUT2D eigenvalue weighted by Crippen LogP contribution is -2.43. The van der Waals surface area contributed by atoms with Crippen molar-refractivity contribution in [2.45, 2.75) is 45.7 Å². The fourth-order valence-electron chi connectivity index (χ4n) is 3.94. The van der Waals surface area contributed by atoms with Crippen LogP contribution in [0, 0.1) is 0 Å². The Labute approximate surface area is 181 Å². The molecule has 0 radical (unpaired) electrons. The summed E-state index contributed by atoms with van der Waals surface area (Å²) in [6.45, 7) is 11.4. The highest BCUT2D eigenvalue weighted by Gasteiger charge is 2.34. The summed E-state index contributed by atoms with van der Waals surface area (Å²) in [4.78, 5) is 18.5. The second-order valence-electron chi connectivity index (χ2n) is 8.40. The summed E-state index contributed by atoms with van der Waals surface area (Å²) in [6, 6.07) is 7.25. The topological polar surface area (TPSA) is 98.2 Å². The van der Waals surface area contributed by atoms with Crippen LogP contribution >= 0.6 is 0 Å². The lowest BCUT2D eigenvalue weighted by Gasteiger charge is -2.35. The van der Waals surface area contributed by atoms with Gasteiger partial charge in [-0.1, -0.05) is 6.92 Å². The maximum atomic E-state index is 13.2. The highest BCUT2D eigenvalue weighted by molar-refractivity contribution is 5.80. The molecule has 1 fully saturated rings. The highest BCUT2D eigenvalue weighted by atomic mass is 16.5. The Balaban J connectivity index is 1.88. The zero-order chi connectivity index (χ0) is 22.0. The molecule has 0 amide bonds. The van der Waals surface area contributed by atoms with Crippen molar-refractivity contribution in [3.63, 3.8) is 0 Å². The number of fused-ring (bicyclic) bond motifs is 1. The Morgan fingerprint density at radius 2 is 2.00 bits per heavy atom. The summed E-state index contributed by atoms with van der Waals surface area (Å²) in [6.07, 6.45) is 0.854. The molecule has 31 heavy (non-hydrogen) atoms. The lowest BCUT2D eigenvalue weighted by molar-refractivity contribution is 0.0204. The van der Waals surface area contributed by atoms with E-state index in [-0.39, 0.29) is 17.1 Å². The first-order chi connectivity index (χ1) is 14.9. The second-order valence-corrected chi connectivity index (χ2v) is 8.40. The Morgan fingerprint density at radius 1 is 1.23 bits per heavy atom. The van der Waals surface area contributed by atoms with Gasteiger partial charge in [-0.25, -0.2) is 4.68 Å². The van der Waals surface area contributed by atoms with Crippen LogP contribution in [0.3, 0.4) is 0 Å². The molecule has 166 valence electrons. The van der Waals surface area contributed by atoms with Crippen molar-refractivity contribution >= 4 is 10.9 Å². The first kappa shape index (κ1) is 21.5. The normalized spacial score (nSPS) is 16.5. The molecule has 9 heteroatoms. The maximum absolute atomic E-state index is 13.2. The van der Waals surface area contributed by atoms with Crippen LogP contribution in [0.15, 0.2) is 29.1 Å². The summed E-state index contributed by atoms with van der Waals surface area (Å²) < 4.78 is 13.1. The summed E-state index contributed by atoms with van der Waals surface area (Å²) in [7, 11) is 0. The quantitative estimate of drug-likeness (QED) is 0.620. The molecule has 0 saturated carbocycles. The monoisotopic (exact) mass is 426 g/mol. The van der Waals surface area contributed by atoms with Crippen LogP contribution in [-0.4, -0.2) is 63.0 Å². The van der Waals surface area contributed by atoms with Gasteiger partial charge in [0.15, 0.2) is 5.82 Å².